The molecule has 0 unspecified atom stereocenters. The van der Waals surface area contributed by atoms with Gasteiger partial charge in [0, 0.05) is 24.7 Å². The predicted molar refractivity (Wildman–Crippen MR) is 73.3 cm³/mol. The van der Waals surface area contributed by atoms with Crippen molar-refractivity contribution in [3.63, 3.8) is 0 Å². The SMILES string of the molecule is Cc1nc2sccn2c1C(=O)NC[C@@H]1CCN1C(=O)O. The molecule has 2 aromatic rings. The van der Waals surface area contributed by atoms with Gasteiger partial charge >= 0.3 is 6.09 Å². The lowest BCUT2D eigenvalue weighted by Gasteiger charge is -2.38. The van der Waals surface area contributed by atoms with Crippen molar-refractivity contribution in [1.82, 2.24) is 19.6 Å². The van der Waals surface area contributed by atoms with Crippen molar-refractivity contribution in [1.29, 1.82) is 0 Å². The van der Waals surface area contributed by atoms with Crippen LogP contribution >= 0.6 is 11.3 Å². The fraction of sp³-hybridized carbons (Fsp3) is 0.417. The maximum absolute atomic E-state index is 12.2. The molecule has 1 aliphatic heterocycles. The first-order valence-corrected chi connectivity index (χ1v) is 7.16. The van der Waals surface area contributed by atoms with Crippen LogP contribution in [0.5, 0.6) is 0 Å². The molecule has 0 saturated carbocycles. The fourth-order valence-corrected chi connectivity index (χ4v) is 3.13. The Balaban J connectivity index is 1.69. The third kappa shape index (κ3) is 2.01. The molecule has 1 saturated heterocycles. The number of thiazole rings is 1. The Morgan fingerprint density at radius 2 is 2.40 bits per heavy atom. The van der Waals surface area contributed by atoms with Gasteiger partial charge in [0.05, 0.1) is 11.7 Å². The summed E-state index contributed by atoms with van der Waals surface area (Å²) in [6, 6.07) is -0.123. The molecule has 2 amide bonds. The lowest BCUT2D eigenvalue weighted by Crippen LogP contribution is -2.55. The van der Waals surface area contributed by atoms with Crippen LogP contribution in [0.4, 0.5) is 4.79 Å². The number of rotatable bonds is 3. The molecule has 2 aromatic heterocycles. The summed E-state index contributed by atoms with van der Waals surface area (Å²) >= 11 is 1.47. The second-order valence-electron chi connectivity index (χ2n) is 4.73. The van der Waals surface area contributed by atoms with Crippen LogP contribution in [0, 0.1) is 6.92 Å². The largest absolute Gasteiger partial charge is 0.465 e. The zero-order valence-corrected chi connectivity index (χ0v) is 11.7. The van der Waals surface area contributed by atoms with Crippen molar-refractivity contribution in [2.75, 3.05) is 13.1 Å². The van der Waals surface area contributed by atoms with Crippen LogP contribution in [0.2, 0.25) is 0 Å². The topological polar surface area (TPSA) is 86.9 Å². The molecule has 7 nitrogen and oxygen atoms in total. The van der Waals surface area contributed by atoms with Crippen LogP contribution in [0.1, 0.15) is 22.6 Å². The number of imidazole rings is 1. The van der Waals surface area contributed by atoms with Gasteiger partial charge in [0.15, 0.2) is 4.96 Å². The number of likely N-dealkylation sites (tertiary alicyclic amines) is 1. The van der Waals surface area contributed by atoms with E-state index in [0.29, 0.717) is 24.5 Å². The maximum atomic E-state index is 12.2. The van der Waals surface area contributed by atoms with Gasteiger partial charge < -0.3 is 15.3 Å². The van der Waals surface area contributed by atoms with E-state index in [1.165, 1.54) is 16.2 Å². The minimum Gasteiger partial charge on any atom is -0.465 e. The van der Waals surface area contributed by atoms with E-state index in [0.717, 1.165) is 11.4 Å². The summed E-state index contributed by atoms with van der Waals surface area (Å²) in [7, 11) is 0. The molecular formula is C12H14N4O3S. The molecule has 20 heavy (non-hydrogen) atoms. The number of hydrogen-bond donors (Lipinski definition) is 2. The standard InChI is InChI=1S/C12H14N4O3S/c1-7-9(16-4-5-20-11(16)14-7)10(17)13-6-8-2-3-15(8)12(18)19/h4-5,8H,2-3,6H2,1H3,(H,13,17)(H,18,19)/t8-/m0/s1. The van der Waals surface area contributed by atoms with E-state index in [-0.39, 0.29) is 11.9 Å². The molecular weight excluding hydrogens is 280 g/mol. The number of aromatic nitrogens is 2. The van der Waals surface area contributed by atoms with E-state index in [9.17, 15) is 9.59 Å². The Hall–Kier alpha value is -2.09. The van der Waals surface area contributed by atoms with E-state index in [1.807, 2.05) is 11.6 Å². The van der Waals surface area contributed by atoms with E-state index in [1.54, 1.807) is 11.3 Å². The average molecular weight is 294 g/mol. The third-order valence-corrected chi connectivity index (χ3v) is 4.30. The van der Waals surface area contributed by atoms with Crippen molar-refractivity contribution in [2.24, 2.45) is 0 Å². The predicted octanol–water partition coefficient (Wildman–Crippen LogP) is 1.19. The van der Waals surface area contributed by atoms with Crippen LogP contribution in [-0.4, -0.2) is 50.5 Å². The number of aryl methyl sites for hydroxylation is 1. The van der Waals surface area contributed by atoms with Crippen molar-refractivity contribution in [2.45, 2.75) is 19.4 Å². The summed E-state index contributed by atoms with van der Waals surface area (Å²) in [6.07, 6.45) is 1.66. The first-order valence-electron chi connectivity index (χ1n) is 6.28. The molecule has 3 rings (SSSR count). The summed E-state index contributed by atoms with van der Waals surface area (Å²) in [4.78, 5) is 29.5. The summed E-state index contributed by atoms with van der Waals surface area (Å²) in [5.41, 5.74) is 1.19. The number of nitrogens with one attached hydrogen (secondary N) is 1. The van der Waals surface area contributed by atoms with Gasteiger partial charge in [-0.15, -0.1) is 11.3 Å². The summed E-state index contributed by atoms with van der Waals surface area (Å²) < 4.78 is 1.76. The molecule has 106 valence electrons. The Labute approximate surface area is 118 Å². The second kappa shape index (κ2) is 4.78. The minimum absolute atomic E-state index is 0.123. The Bertz CT molecular complexity index is 677. The molecule has 0 spiro atoms. The van der Waals surface area contributed by atoms with E-state index >= 15 is 0 Å². The lowest BCUT2D eigenvalue weighted by molar-refractivity contribution is 0.0702. The van der Waals surface area contributed by atoms with Gasteiger partial charge in [-0.25, -0.2) is 9.78 Å². The highest BCUT2D eigenvalue weighted by Gasteiger charge is 2.32. The van der Waals surface area contributed by atoms with Gasteiger partial charge in [-0.05, 0) is 13.3 Å². The van der Waals surface area contributed by atoms with Crippen molar-refractivity contribution in [3.8, 4) is 0 Å². The van der Waals surface area contributed by atoms with Crippen molar-refractivity contribution >= 4 is 28.3 Å². The third-order valence-electron chi connectivity index (χ3n) is 3.54. The number of nitrogens with zero attached hydrogens (tertiary/aromatic N) is 3. The summed E-state index contributed by atoms with van der Waals surface area (Å²) in [5, 5.41) is 13.6. The van der Waals surface area contributed by atoms with E-state index in [2.05, 4.69) is 10.3 Å². The minimum atomic E-state index is -0.934. The van der Waals surface area contributed by atoms with Crippen LogP contribution in [-0.2, 0) is 0 Å². The Morgan fingerprint density at radius 1 is 1.60 bits per heavy atom. The van der Waals surface area contributed by atoms with Gasteiger partial charge in [-0.3, -0.25) is 9.20 Å². The van der Waals surface area contributed by atoms with Crippen LogP contribution < -0.4 is 5.32 Å². The molecule has 3 heterocycles. The highest BCUT2D eigenvalue weighted by atomic mass is 32.1. The van der Waals surface area contributed by atoms with Gasteiger partial charge in [-0.1, -0.05) is 0 Å². The van der Waals surface area contributed by atoms with Crippen LogP contribution in [0.25, 0.3) is 4.96 Å². The first-order chi connectivity index (χ1) is 9.58. The van der Waals surface area contributed by atoms with E-state index in [4.69, 9.17) is 5.11 Å². The Kier molecular flexibility index (Phi) is 3.09. The average Bonchev–Trinajstić information content (AvgIpc) is 2.85. The number of carboxylic acid groups (broad SMARTS) is 1. The molecule has 0 bridgehead atoms. The van der Waals surface area contributed by atoms with E-state index < -0.39 is 6.09 Å². The second-order valence-corrected chi connectivity index (χ2v) is 5.60. The van der Waals surface area contributed by atoms with Gasteiger partial charge in [0.1, 0.15) is 5.69 Å². The molecule has 0 radical (unpaired) electrons. The Morgan fingerprint density at radius 3 is 3.05 bits per heavy atom. The summed E-state index contributed by atoms with van der Waals surface area (Å²) in [5.74, 6) is -0.217. The van der Waals surface area contributed by atoms with Gasteiger partial charge in [0.2, 0.25) is 0 Å². The number of amides is 2. The summed E-state index contributed by atoms with van der Waals surface area (Å²) in [6.45, 7) is 2.67. The highest BCUT2D eigenvalue weighted by molar-refractivity contribution is 7.15. The molecule has 1 atom stereocenters. The zero-order chi connectivity index (χ0) is 14.3. The number of carbonyl (C=O) groups excluding carboxylic acids is 1. The molecule has 8 heteroatoms. The molecule has 1 fully saturated rings. The van der Waals surface area contributed by atoms with Crippen molar-refractivity contribution in [3.05, 3.63) is 23.0 Å². The van der Waals surface area contributed by atoms with Gasteiger partial charge in [-0.2, -0.15) is 0 Å². The molecule has 0 aromatic carbocycles. The number of fused-ring (bicyclic) bond motifs is 1. The monoisotopic (exact) mass is 294 g/mol. The zero-order valence-electron chi connectivity index (χ0n) is 10.9. The van der Waals surface area contributed by atoms with Crippen LogP contribution in [0.3, 0.4) is 0 Å². The van der Waals surface area contributed by atoms with Crippen molar-refractivity contribution < 1.29 is 14.7 Å². The fourth-order valence-electron chi connectivity index (χ4n) is 2.37. The van der Waals surface area contributed by atoms with Crippen LogP contribution in [0.15, 0.2) is 11.6 Å². The molecule has 0 aliphatic carbocycles. The number of carbonyl (C=O) groups is 2. The molecule has 2 N–H and O–H groups in total. The van der Waals surface area contributed by atoms with Gasteiger partial charge in [0.25, 0.3) is 5.91 Å². The lowest BCUT2D eigenvalue weighted by atomic mass is 10.0. The normalized spacial score (nSPS) is 18.1. The first kappa shape index (κ1) is 12.9. The number of hydrogen-bond acceptors (Lipinski definition) is 4. The maximum Gasteiger partial charge on any atom is 0.407 e. The highest BCUT2D eigenvalue weighted by Crippen LogP contribution is 2.18. The quantitative estimate of drug-likeness (QED) is 0.890. The molecule has 1 aliphatic rings. The smallest absolute Gasteiger partial charge is 0.407 e.